The van der Waals surface area contributed by atoms with Crippen LogP contribution in [0, 0.1) is 5.92 Å². The van der Waals surface area contributed by atoms with Crippen LogP contribution in [-0.2, 0) is 10.3 Å². The van der Waals surface area contributed by atoms with Gasteiger partial charge in [0.1, 0.15) is 0 Å². The zero-order valence-electron chi connectivity index (χ0n) is 12.3. The second-order valence-corrected chi connectivity index (χ2v) is 6.49. The Hall–Kier alpha value is -1.56. The molecular weight excluding hydrogens is 389 g/mol. The van der Waals surface area contributed by atoms with Gasteiger partial charge in [-0.2, -0.15) is 0 Å². The second kappa shape index (κ2) is 6.28. The first-order valence-corrected chi connectivity index (χ1v) is 8.87. The van der Waals surface area contributed by atoms with E-state index in [4.69, 9.17) is 4.74 Å². The minimum absolute atomic E-state index is 0.0956. The van der Waals surface area contributed by atoms with Gasteiger partial charge in [-0.05, 0) is 5.92 Å². The van der Waals surface area contributed by atoms with Crippen LogP contribution >= 0.6 is 22.6 Å². The van der Waals surface area contributed by atoms with Gasteiger partial charge < -0.3 is 10.1 Å². The summed E-state index contributed by atoms with van der Waals surface area (Å²) in [5, 5.41) is 3.03. The van der Waals surface area contributed by atoms with Crippen LogP contribution in [0.2, 0.25) is 0 Å². The molecule has 1 heterocycles. The molecule has 0 aromatic heterocycles. The van der Waals surface area contributed by atoms with Gasteiger partial charge in [-0.1, -0.05) is 90.2 Å². The number of hydrogen-bond acceptors (Lipinski definition) is 2. The molecule has 2 aromatic rings. The van der Waals surface area contributed by atoms with E-state index >= 15 is 0 Å². The minimum Gasteiger partial charge on any atom is -0.431 e. The Labute approximate surface area is 144 Å². The number of carbonyl (C=O) groups is 1. The summed E-state index contributed by atoms with van der Waals surface area (Å²) in [6.45, 7) is 2.15. The maximum absolute atomic E-state index is 12.1. The van der Waals surface area contributed by atoms with Gasteiger partial charge in [0.25, 0.3) is 0 Å². The summed E-state index contributed by atoms with van der Waals surface area (Å²) in [6.07, 6.45) is -0.352. The molecule has 3 nitrogen and oxygen atoms in total. The summed E-state index contributed by atoms with van der Waals surface area (Å²) in [5.41, 5.74) is 1.23. The Morgan fingerprint density at radius 1 is 1.09 bits per heavy atom. The largest absolute Gasteiger partial charge is 0.431 e. The molecule has 1 saturated heterocycles. The molecule has 0 radical (unpaired) electrons. The Morgan fingerprint density at radius 3 is 2.05 bits per heavy atom. The van der Waals surface area contributed by atoms with Crippen molar-refractivity contribution in [1.29, 1.82) is 0 Å². The maximum atomic E-state index is 12.1. The minimum atomic E-state index is -0.774. The number of alkyl halides is 1. The molecule has 2 atom stereocenters. The third kappa shape index (κ3) is 2.49. The van der Waals surface area contributed by atoms with Gasteiger partial charge >= 0.3 is 6.09 Å². The summed E-state index contributed by atoms with van der Waals surface area (Å²) in [6, 6.07) is 19.9. The van der Waals surface area contributed by atoms with Gasteiger partial charge in [0.15, 0.2) is 5.60 Å². The number of alkyl carbamates (subject to hydrolysis) is 1. The molecule has 2 aromatic carbocycles. The van der Waals surface area contributed by atoms with Crippen molar-refractivity contribution in [2.24, 2.45) is 5.92 Å². The van der Waals surface area contributed by atoms with Crippen LogP contribution in [0.1, 0.15) is 18.1 Å². The zero-order chi connectivity index (χ0) is 15.6. The average molecular weight is 407 g/mol. The summed E-state index contributed by atoms with van der Waals surface area (Å²) in [4.78, 5) is 12.1. The fourth-order valence-electron chi connectivity index (χ4n) is 3.11. The maximum Gasteiger partial charge on any atom is 0.408 e. The van der Waals surface area contributed by atoms with Crippen molar-refractivity contribution in [3.63, 3.8) is 0 Å². The molecule has 1 amide bonds. The molecule has 3 rings (SSSR count). The highest BCUT2D eigenvalue weighted by molar-refractivity contribution is 14.1. The van der Waals surface area contributed by atoms with Crippen molar-refractivity contribution in [3.8, 4) is 0 Å². The molecule has 0 bridgehead atoms. The lowest BCUT2D eigenvalue weighted by Crippen LogP contribution is -2.47. The van der Waals surface area contributed by atoms with Crippen LogP contribution < -0.4 is 5.32 Å². The topological polar surface area (TPSA) is 38.3 Å². The van der Waals surface area contributed by atoms with Gasteiger partial charge in [0.2, 0.25) is 0 Å². The Bertz CT molecular complexity index is 605. The number of cyclic esters (lactones) is 1. The highest BCUT2D eigenvalue weighted by Gasteiger charge is 2.53. The fraction of sp³-hybridized carbons (Fsp3) is 0.278. The number of benzene rings is 2. The third-order valence-corrected chi connectivity index (χ3v) is 5.57. The Morgan fingerprint density at radius 2 is 1.59 bits per heavy atom. The van der Waals surface area contributed by atoms with Crippen molar-refractivity contribution in [2.75, 3.05) is 4.43 Å². The van der Waals surface area contributed by atoms with Gasteiger partial charge in [-0.15, -0.1) is 0 Å². The van der Waals surface area contributed by atoms with E-state index < -0.39 is 5.60 Å². The molecule has 4 heteroatoms. The molecule has 22 heavy (non-hydrogen) atoms. The number of nitrogens with one attached hydrogen (secondary N) is 1. The predicted octanol–water partition coefficient (Wildman–Crippen LogP) is 4.11. The first-order valence-electron chi connectivity index (χ1n) is 7.35. The third-order valence-electron chi connectivity index (χ3n) is 4.18. The van der Waals surface area contributed by atoms with E-state index in [-0.39, 0.29) is 18.1 Å². The molecule has 0 saturated carbocycles. The smallest absolute Gasteiger partial charge is 0.408 e. The first kappa shape index (κ1) is 15.3. The molecule has 1 N–H and O–H groups in total. The van der Waals surface area contributed by atoms with E-state index in [0.717, 1.165) is 15.6 Å². The normalized spacial score (nSPS) is 21.0. The molecular formula is C18H18INO2. The van der Waals surface area contributed by atoms with Crippen molar-refractivity contribution in [2.45, 2.75) is 18.6 Å². The first-order chi connectivity index (χ1) is 10.7. The van der Waals surface area contributed by atoms with E-state index in [1.165, 1.54) is 0 Å². The Balaban J connectivity index is 2.21. The van der Waals surface area contributed by atoms with Gasteiger partial charge in [-0.3, -0.25) is 0 Å². The van der Waals surface area contributed by atoms with Crippen LogP contribution in [-0.4, -0.2) is 16.6 Å². The molecule has 0 aliphatic carbocycles. The van der Waals surface area contributed by atoms with Crippen molar-refractivity contribution >= 4 is 28.7 Å². The van der Waals surface area contributed by atoms with Crippen LogP contribution in [0.15, 0.2) is 60.7 Å². The van der Waals surface area contributed by atoms with Crippen LogP contribution in [0.3, 0.4) is 0 Å². The second-order valence-electron chi connectivity index (χ2n) is 5.61. The van der Waals surface area contributed by atoms with Gasteiger partial charge in [0.05, 0.1) is 6.04 Å². The fourth-order valence-corrected chi connectivity index (χ4v) is 3.62. The lowest BCUT2D eigenvalue weighted by Gasteiger charge is -2.36. The number of rotatable bonds is 4. The zero-order valence-corrected chi connectivity index (χ0v) is 14.5. The summed E-state index contributed by atoms with van der Waals surface area (Å²) in [7, 11) is 0. The number of hydrogen-bond donors (Lipinski definition) is 1. The van der Waals surface area contributed by atoms with Crippen LogP contribution in [0.5, 0.6) is 0 Å². The molecule has 1 aliphatic heterocycles. The van der Waals surface area contributed by atoms with Crippen LogP contribution in [0.25, 0.3) is 0 Å². The van der Waals surface area contributed by atoms with E-state index in [2.05, 4.69) is 34.8 Å². The molecule has 1 fully saturated rings. The van der Waals surface area contributed by atoms with Crippen molar-refractivity contribution < 1.29 is 9.53 Å². The molecule has 1 aliphatic rings. The monoisotopic (exact) mass is 407 g/mol. The summed E-state index contributed by atoms with van der Waals surface area (Å²) >= 11 is 2.36. The SMILES string of the molecule is CC(CI)[C@@H]1NC(=O)OC1(c1ccccc1)c1ccccc1. The lowest BCUT2D eigenvalue weighted by atomic mass is 9.76. The van der Waals surface area contributed by atoms with Crippen molar-refractivity contribution in [3.05, 3.63) is 71.8 Å². The number of carbonyl (C=O) groups excluding carboxylic acids is 1. The van der Waals surface area contributed by atoms with Crippen molar-refractivity contribution in [1.82, 2.24) is 5.32 Å². The highest BCUT2D eigenvalue weighted by atomic mass is 127. The van der Waals surface area contributed by atoms with E-state index in [9.17, 15) is 4.79 Å². The summed E-state index contributed by atoms with van der Waals surface area (Å²) in [5.74, 6) is 0.285. The van der Waals surface area contributed by atoms with E-state index in [1.54, 1.807) is 0 Å². The lowest BCUT2D eigenvalue weighted by molar-refractivity contribution is 0.0591. The van der Waals surface area contributed by atoms with E-state index in [1.807, 2.05) is 60.7 Å². The molecule has 114 valence electrons. The van der Waals surface area contributed by atoms with Crippen LogP contribution in [0.4, 0.5) is 4.79 Å². The average Bonchev–Trinajstić information content (AvgIpc) is 2.94. The predicted molar refractivity (Wildman–Crippen MR) is 95.1 cm³/mol. The standard InChI is InChI=1S/C18H18INO2/c1-13(12-19)16-18(22-17(21)20-16,14-8-4-2-5-9-14)15-10-6-3-7-11-15/h2-11,13,16H,12H2,1H3,(H,20,21)/t13?,16-/m0/s1. The molecule has 1 unspecified atom stereocenters. The molecule has 0 spiro atoms. The number of halogens is 1. The highest BCUT2D eigenvalue weighted by Crippen LogP contribution is 2.43. The van der Waals surface area contributed by atoms with Gasteiger partial charge in [-0.25, -0.2) is 4.79 Å². The number of amides is 1. The van der Waals surface area contributed by atoms with Gasteiger partial charge in [0, 0.05) is 15.6 Å². The summed E-state index contributed by atoms with van der Waals surface area (Å²) < 4.78 is 6.84. The number of ether oxygens (including phenoxy) is 1. The quantitative estimate of drug-likeness (QED) is 0.612. The Kier molecular flexibility index (Phi) is 4.38. The van der Waals surface area contributed by atoms with E-state index in [0.29, 0.717) is 0 Å².